The lowest BCUT2D eigenvalue weighted by Gasteiger charge is -2.24. The second-order valence-electron chi connectivity index (χ2n) is 13.4. The Morgan fingerprint density at radius 2 is 1.45 bits per heavy atom. The minimum atomic E-state index is -6.09. The van der Waals surface area contributed by atoms with Gasteiger partial charge >= 0.3 is 31.3 Å². The molecule has 34 heteroatoms. The number of aromatic hydroxyl groups is 1. The van der Waals surface area contributed by atoms with Crippen molar-refractivity contribution >= 4 is 59.6 Å². The fourth-order valence-electron chi connectivity index (χ4n) is 6.34. The summed E-state index contributed by atoms with van der Waals surface area (Å²) >= 11 is 0. The van der Waals surface area contributed by atoms with E-state index in [0.717, 1.165) is 18.0 Å². The van der Waals surface area contributed by atoms with Crippen molar-refractivity contribution in [2.75, 3.05) is 26.1 Å². The van der Waals surface area contributed by atoms with Gasteiger partial charge in [0.25, 0.3) is 22.6 Å². The molecular weight excluding hydrogens is 898 g/mol. The molecule has 2 fully saturated rings. The lowest BCUT2D eigenvalue weighted by Crippen LogP contribution is -2.36. The van der Waals surface area contributed by atoms with E-state index in [4.69, 9.17) is 38.0 Å². The third-order valence-corrected chi connectivity index (χ3v) is 14.0. The first kappa shape index (κ1) is 46.3. The van der Waals surface area contributed by atoms with Crippen LogP contribution in [0.3, 0.4) is 0 Å². The average molecular weight is 939 g/mol. The number of fused-ring (bicyclic) bond motifs is 2. The number of aromatic amines is 1. The maximum Gasteiger partial charge on any atom is 0.490 e. The quantitative estimate of drug-likeness (QED) is 0.0443. The number of nitrogens with one attached hydrogen (secondary N) is 1. The van der Waals surface area contributed by atoms with E-state index in [2.05, 4.69) is 33.5 Å². The maximum atomic E-state index is 12.9. The zero-order valence-electron chi connectivity index (χ0n) is 31.6. The Balaban J connectivity index is 1.12. The molecule has 0 bridgehead atoms. The van der Waals surface area contributed by atoms with Gasteiger partial charge in [-0.2, -0.15) is 23.2 Å². The van der Waals surface area contributed by atoms with Crippen molar-refractivity contribution in [3.8, 4) is 5.88 Å². The molecule has 0 amide bonds. The fraction of sp³-hybridized carbons (Fsp3) is 0.615. The predicted octanol–water partition coefficient (Wildman–Crippen LogP) is -1.20. The Labute approximate surface area is 335 Å². The normalized spacial score (nSPS) is 28.9. The number of aryl methyl sites for hydroxylation is 2. The molecule has 0 radical (unpaired) electrons. The average Bonchev–Trinajstić information content (AvgIpc) is 3.83. The van der Waals surface area contributed by atoms with E-state index in [9.17, 15) is 57.9 Å². The Morgan fingerprint density at radius 1 is 0.883 bits per heavy atom. The molecule has 0 saturated carbocycles. The van der Waals surface area contributed by atoms with Crippen LogP contribution in [0.2, 0.25) is 0 Å². The highest BCUT2D eigenvalue weighted by molar-refractivity contribution is 7.66. The van der Waals surface area contributed by atoms with Gasteiger partial charge in [0.15, 0.2) is 17.4 Å². The summed E-state index contributed by atoms with van der Waals surface area (Å²) in [6.07, 6.45) is -11.3. The number of aliphatic hydroxyl groups excluding tert-OH is 2. The van der Waals surface area contributed by atoms with Crippen LogP contribution >= 0.6 is 31.3 Å². The lowest BCUT2D eigenvalue weighted by molar-refractivity contribution is -0.646. The van der Waals surface area contributed by atoms with E-state index < -0.39 is 111 Å². The molecule has 4 aromatic heterocycles. The molecular formula is C26H40N9O21P4+. The molecule has 0 spiro atoms. The topological polar surface area (TPSA) is 417 Å². The van der Waals surface area contributed by atoms with Gasteiger partial charge in [0.05, 0.1) is 32.7 Å². The summed E-state index contributed by atoms with van der Waals surface area (Å²) in [6.45, 7) is 2.02. The van der Waals surface area contributed by atoms with Gasteiger partial charge in [0.1, 0.15) is 42.4 Å². The Hall–Kier alpha value is -3.18. The molecule has 2 saturated heterocycles. The van der Waals surface area contributed by atoms with Crippen molar-refractivity contribution in [1.29, 1.82) is 0 Å². The summed E-state index contributed by atoms with van der Waals surface area (Å²) < 4.78 is 99.5. The Kier molecular flexibility index (Phi) is 13.3. The van der Waals surface area contributed by atoms with Gasteiger partial charge in [-0.15, -0.1) is 0 Å². The number of aliphatic hydroxyl groups is 2. The van der Waals surface area contributed by atoms with Crippen molar-refractivity contribution in [2.45, 2.75) is 76.0 Å². The molecule has 30 nitrogen and oxygen atoms in total. The number of phosphoric ester groups is 3. The van der Waals surface area contributed by atoms with Crippen LogP contribution in [0.25, 0.3) is 22.3 Å². The number of phosphoric acid groups is 4. The number of nitrogen functional groups attached to an aromatic ring is 1. The number of hydrogen-bond donors (Lipinski definition) is 9. The number of nitrogens with zero attached hydrogens (tertiary/aromatic N) is 7. The maximum absolute atomic E-state index is 12.9. The minimum absolute atomic E-state index is 0.0113. The summed E-state index contributed by atoms with van der Waals surface area (Å²) in [6, 6.07) is 0. The van der Waals surface area contributed by atoms with Crippen molar-refractivity contribution < 1.29 is 98.6 Å². The number of H-pyrrole nitrogens is 1. The van der Waals surface area contributed by atoms with Gasteiger partial charge in [0.2, 0.25) is 18.5 Å². The van der Waals surface area contributed by atoms with Crippen LogP contribution in [0.15, 0.2) is 17.4 Å². The predicted molar refractivity (Wildman–Crippen MR) is 193 cm³/mol. The van der Waals surface area contributed by atoms with Gasteiger partial charge in [0, 0.05) is 7.11 Å². The van der Waals surface area contributed by atoms with Crippen molar-refractivity contribution in [3.63, 3.8) is 0 Å². The van der Waals surface area contributed by atoms with Crippen LogP contribution in [-0.2, 0) is 66.2 Å². The zero-order valence-corrected chi connectivity index (χ0v) is 35.2. The van der Waals surface area contributed by atoms with Crippen LogP contribution in [0.1, 0.15) is 32.1 Å². The Morgan fingerprint density at radius 3 is 2.03 bits per heavy atom. The highest BCUT2D eigenvalue weighted by Gasteiger charge is 2.53. The lowest BCUT2D eigenvalue weighted by atomic mass is 10.1. The zero-order chi connectivity index (χ0) is 44.3. The van der Waals surface area contributed by atoms with E-state index in [1.807, 2.05) is 0 Å². The standard InChI is InChI=1S/C26H39N9O21P4/c1-10(2)53-59(44,45)54-19-13(52-24(17(19)37)34-8-28-14-20(34)29-11(3)30-22(14)38)7-50-58(42,43)56-60(46,47)55-57(40,41)49-6-12-18(48-5)16(36)25(51-12)35-9-33(4)15-21(35)31-26(27)32-23(15)39/h8-10,12-13,16-19,24-25,36-37H,6-7H2,1-5H3,(H7-,27,29,30,31,32,38,39,40,41,42,43,44,45,46,47)/p+1/t12-,13-,16?,17+,18?,19?,24-,25-/m1/s1. The smallest absolute Gasteiger partial charge is 0.490 e. The molecule has 0 aromatic carbocycles. The number of ether oxygens (including phenoxy) is 3. The van der Waals surface area contributed by atoms with Crippen molar-refractivity contribution in [1.82, 2.24) is 34.1 Å². The second kappa shape index (κ2) is 17.2. The van der Waals surface area contributed by atoms with E-state index in [-0.39, 0.29) is 34.1 Å². The number of hydrogen-bond acceptors (Lipinski definition) is 22. The molecule has 2 aliphatic heterocycles. The monoisotopic (exact) mass is 938 g/mol. The molecule has 10 N–H and O–H groups in total. The summed E-state index contributed by atoms with van der Waals surface area (Å²) in [5.41, 5.74) is 4.80. The molecule has 7 unspecified atom stereocenters. The molecule has 12 atom stereocenters. The number of aromatic nitrogens is 8. The molecule has 0 aliphatic carbocycles. The van der Waals surface area contributed by atoms with E-state index in [1.165, 1.54) is 43.3 Å². The molecule has 4 aromatic rings. The summed E-state index contributed by atoms with van der Waals surface area (Å²) in [4.78, 5) is 71.8. The van der Waals surface area contributed by atoms with Gasteiger partial charge < -0.3 is 59.8 Å². The molecule has 334 valence electrons. The Bertz CT molecular complexity index is 2500. The van der Waals surface area contributed by atoms with Gasteiger partial charge in [-0.25, -0.2) is 32.8 Å². The fourth-order valence-corrected chi connectivity index (χ4v) is 11.0. The third kappa shape index (κ3) is 10.0. The van der Waals surface area contributed by atoms with Crippen LogP contribution in [0, 0.1) is 6.92 Å². The summed E-state index contributed by atoms with van der Waals surface area (Å²) in [5.74, 6) is -0.681. The largest absolute Gasteiger partial charge is 0.490 e. The van der Waals surface area contributed by atoms with Crippen molar-refractivity contribution in [2.24, 2.45) is 7.05 Å². The van der Waals surface area contributed by atoms with E-state index >= 15 is 0 Å². The molecule has 6 heterocycles. The number of anilines is 1. The number of nitrogens with two attached hydrogens (primary N) is 1. The van der Waals surface area contributed by atoms with Crippen LogP contribution in [0.4, 0.5) is 5.95 Å². The van der Waals surface area contributed by atoms with Gasteiger partial charge in [-0.3, -0.25) is 27.5 Å². The minimum Gasteiger partial charge on any atom is -0.490 e. The first-order valence-electron chi connectivity index (χ1n) is 17.1. The first-order valence-corrected chi connectivity index (χ1v) is 23.0. The highest BCUT2D eigenvalue weighted by Crippen LogP contribution is 2.68. The van der Waals surface area contributed by atoms with Crippen LogP contribution < -0.4 is 15.9 Å². The van der Waals surface area contributed by atoms with Gasteiger partial charge in [-0.1, -0.05) is 0 Å². The van der Waals surface area contributed by atoms with Crippen LogP contribution in [-0.4, -0.2) is 132 Å². The highest BCUT2D eigenvalue weighted by atomic mass is 31.3. The van der Waals surface area contributed by atoms with E-state index in [1.54, 1.807) is 0 Å². The first-order chi connectivity index (χ1) is 27.8. The number of rotatable bonds is 17. The summed E-state index contributed by atoms with van der Waals surface area (Å²) in [7, 11) is -20.0. The number of methoxy groups -OCH3 is 1. The van der Waals surface area contributed by atoms with Crippen molar-refractivity contribution in [3.05, 3.63) is 28.8 Å². The summed E-state index contributed by atoms with van der Waals surface area (Å²) in [5, 5.41) is 32.4. The second-order valence-corrected chi connectivity index (χ2v) is 19.3. The number of imidazole rings is 2. The SMILES string of the molecule is COC1C(O)[C@H](n2c[n+](C)c3c(O)nc(N)nc32)O[C@@H]1COP(=O)(O)OP(=O)(O)OP(=O)(O)OC[C@H]1O[C@@H](n2cnc3c(=O)[nH]c(C)nc32)[C@@H](O)C1OP(=O)(O)OC(C)C. The van der Waals surface area contributed by atoms with E-state index in [0.29, 0.717) is 0 Å². The molecule has 2 aliphatic rings. The molecule has 6 rings (SSSR count). The molecule has 60 heavy (non-hydrogen) atoms. The third-order valence-electron chi connectivity index (χ3n) is 8.56. The van der Waals surface area contributed by atoms with Crippen LogP contribution in [0.5, 0.6) is 5.88 Å². The van der Waals surface area contributed by atoms with Gasteiger partial charge in [-0.05, 0) is 20.8 Å².